The molecule has 94 valence electrons. The zero-order chi connectivity index (χ0) is 13.4. The topological polar surface area (TPSA) is 66.0 Å². The Bertz CT molecular complexity index is 763. The van der Waals surface area contributed by atoms with Gasteiger partial charge in [0.2, 0.25) is 0 Å². The molecule has 0 fully saturated rings. The molecule has 0 aliphatic heterocycles. The molecule has 2 aromatic heterocycles. The Hall–Kier alpha value is -2.69. The van der Waals surface area contributed by atoms with Crippen molar-refractivity contribution in [3.63, 3.8) is 0 Å². The average molecular weight is 256 g/mol. The van der Waals surface area contributed by atoms with Crippen molar-refractivity contribution in [2.45, 2.75) is 0 Å². The van der Waals surface area contributed by atoms with E-state index in [1.165, 1.54) is 24.4 Å². The quantitative estimate of drug-likeness (QED) is 0.740. The molecule has 1 aromatic carbocycles. The predicted octanol–water partition coefficient (Wildman–Crippen LogP) is 3.07. The fourth-order valence-corrected chi connectivity index (χ4v) is 1.99. The predicted molar refractivity (Wildman–Crippen MR) is 68.4 cm³/mol. The Balaban J connectivity index is 2.11. The summed E-state index contributed by atoms with van der Waals surface area (Å²) in [5.41, 5.74) is 2.27. The average Bonchev–Trinajstić information content (AvgIpc) is 2.81. The summed E-state index contributed by atoms with van der Waals surface area (Å²) < 4.78 is 13.1. The number of hydrogen-bond donors (Lipinski definition) is 2. The van der Waals surface area contributed by atoms with Crippen molar-refractivity contribution in [1.82, 2.24) is 9.97 Å². The standard InChI is InChI=1S/C14H9FN2O2/c15-9-2-3-10-11(7-17-13(10)5-9)12-4-1-8(6-16-12)14(18)19/h1-7,17H,(H,18,19). The van der Waals surface area contributed by atoms with Crippen molar-refractivity contribution >= 4 is 16.9 Å². The summed E-state index contributed by atoms with van der Waals surface area (Å²) in [5.74, 6) is -1.32. The first-order valence-corrected chi connectivity index (χ1v) is 5.61. The number of fused-ring (bicyclic) bond motifs is 1. The van der Waals surface area contributed by atoms with Crippen LogP contribution in [0.4, 0.5) is 4.39 Å². The van der Waals surface area contributed by atoms with Crippen LogP contribution in [0.5, 0.6) is 0 Å². The van der Waals surface area contributed by atoms with Crippen LogP contribution < -0.4 is 0 Å². The molecule has 0 unspecified atom stereocenters. The first-order valence-electron chi connectivity index (χ1n) is 5.61. The first-order chi connectivity index (χ1) is 9.15. The van der Waals surface area contributed by atoms with E-state index in [2.05, 4.69) is 9.97 Å². The third-order valence-electron chi connectivity index (χ3n) is 2.93. The smallest absolute Gasteiger partial charge is 0.337 e. The number of hydrogen-bond acceptors (Lipinski definition) is 2. The Morgan fingerprint density at radius 2 is 2.11 bits per heavy atom. The van der Waals surface area contributed by atoms with Gasteiger partial charge in [-0.15, -0.1) is 0 Å². The number of halogens is 1. The van der Waals surface area contributed by atoms with Crippen LogP contribution in [0.1, 0.15) is 10.4 Å². The van der Waals surface area contributed by atoms with E-state index in [0.717, 1.165) is 10.9 Å². The Morgan fingerprint density at radius 3 is 2.79 bits per heavy atom. The van der Waals surface area contributed by atoms with Gasteiger partial charge in [0.05, 0.1) is 11.3 Å². The van der Waals surface area contributed by atoms with Crippen molar-refractivity contribution < 1.29 is 14.3 Å². The van der Waals surface area contributed by atoms with Crippen molar-refractivity contribution in [2.75, 3.05) is 0 Å². The molecule has 4 nitrogen and oxygen atoms in total. The Morgan fingerprint density at radius 1 is 1.26 bits per heavy atom. The summed E-state index contributed by atoms with van der Waals surface area (Å²) in [6.07, 6.45) is 3.03. The van der Waals surface area contributed by atoms with E-state index in [1.54, 1.807) is 18.3 Å². The third kappa shape index (κ3) is 1.95. The van der Waals surface area contributed by atoms with Crippen molar-refractivity contribution in [2.24, 2.45) is 0 Å². The van der Waals surface area contributed by atoms with Gasteiger partial charge in [0.15, 0.2) is 0 Å². The largest absolute Gasteiger partial charge is 0.478 e. The van der Waals surface area contributed by atoms with Crippen LogP contribution in [0.2, 0.25) is 0 Å². The Labute approximate surface area is 107 Å². The molecule has 0 aliphatic carbocycles. The maximum atomic E-state index is 13.1. The molecule has 2 heterocycles. The minimum Gasteiger partial charge on any atom is -0.478 e. The number of pyridine rings is 1. The van der Waals surface area contributed by atoms with Crippen LogP contribution in [0, 0.1) is 5.82 Å². The van der Waals surface area contributed by atoms with Gasteiger partial charge < -0.3 is 10.1 Å². The van der Waals surface area contributed by atoms with Gasteiger partial charge in [-0.1, -0.05) is 0 Å². The van der Waals surface area contributed by atoms with Crippen LogP contribution >= 0.6 is 0 Å². The van der Waals surface area contributed by atoms with Crippen molar-refractivity contribution in [3.05, 3.63) is 54.1 Å². The van der Waals surface area contributed by atoms with E-state index in [1.807, 2.05) is 0 Å². The number of carboxylic acid groups (broad SMARTS) is 1. The minimum absolute atomic E-state index is 0.134. The van der Waals surface area contributed by atoms with Crippen LogP contribution in [0.15, 0.2) is 42.7 Å². The highest BCUT2D eigenvalue weighted by molar-refractivity contribution is 5.95. The molecule has 2 N–H and O–H groups in total. The molecular weight excluding hydrogens is 247 g/mol. The van der Waals surface area contributed by atoms with Crippen molar-refractivity contribution in [1.29, 1.82) is 0 Å². The lowest BCUT2D eigenvalue weighted by atomic mass is 10.1. The number of carboxylic acids is 1. The highest BCUT2D eigenvalue weighted by Crippen LogP contribution is 2.27. The van der Waals surface area contributed by atoms with Gasteiger partial charge in [-0.2, -0.15) is 0 Å². The molecule has 0 aliphatic rings. The van der Waals surface area contributed by atoms with E-state index in [4.69, 9.17) is 5.11 Å². The number of H-pyrrole nitrogens is 1. The molecule has 0 amide bonds. The second-order valence-electron chi connectivity index (χ2n) is 4.13. The highest BCUT2D eigenvalue weighted by Gasteiger charge is 2.09. The summed E-state index contributed by atoms with van der Waals surface area (Å²) in [5, 5.41) is 9.67. The van der Waals surface area contributed by atoms with Gasteiger partial charge in [0.1, 0.15) is 5.82 Å². The summed E-state index contributed by atoms with van der Waals surface area (Å²) in [6, 6.07) is 7.58. The zero-order valence-electron chi connectivity index (χ0n) is 9.72. The summed E-state index contributed by atoms with van der Waals surface area (Å²) in [6.45, 7) is 0. The fourth-order valence-electron chi connectivity index (χ4n) is 1.99. The maximum Gasteiger partial charge on any atom is 0.337 e. The molecule has 3 rings (SSSR count). The van der Waals surface area contributed by atoms with Gasteiger partial charge >= 0.3 is 5.97 Å². The van der Waals surface area contributed by atoms with E-state index < -0.39 is 5.97 Å². The Kier molecular flexibility index (Phi) is 2.52. The van der Waals surface area contributed by atoms with Crippen molar-refractivity contribution in [3.8, 4) is 11.3 Å². The van der Waals surface area contributed by atoms with Crippen LogP contribution in [0.25, 0.3) is 22.2 Å². The number of aromatic nitrogens is 2. The van der Waals surface area contributed by atoms with Gasteiger partial charge in [-0.05, 0) is 30.3 Å². The fraction of sp³-hybridized carbons (Fsp3) is 0. The van der Waals surface area contributed by atoms with Crippen LogP contribution in [-0.4, -0.2) is 21.0 Å². The third-order valence-corrected chi connectivity index (χ3v) is 2.93. The molecule has 0 radical (unpaired) electrons. The molecular formula is C14H9FN2O2. The second kappa shape index (κ2) is 4.20. The lowest BCUT2D eigenvalue weighted by Gasteiger charge is -2.00. The van der Waals surface area contributed by atoms with E-state index in [9.17, 15) is 9.18 Å². The van der Waals surface area contributed by atoms with E-state index in [-0.39, 0.29) is 11.4 Å². The normalized spacial score (nSPS) is 10.8. The first kappa shape index (κ1) is 11.4. The minimum atomic E-state index is -1.01. The summed E-state index contributed by atoms with van der Waals surface area (Å²) in [4.78, 5) is 17.8. The zero-order valence-corrected chi connectivity index (χ0v) is 9.72. The lowest BCUT2D eigenvalue weighted by molar-refractivity contribution is 0.0696. The number of benzene rings is 1. The molecule has 5 heteroatoms. The molecule has 0 atom stereocenters. The molecule has 0 bridgehead atoms. The summed E-state index contributed by atoms with van der Waals surface area (Å²) >= 11 is 0. The number of aromatic carboxylic acids is 1. The second-order valence-corrected chi connectivity index (χ2v) is 4.13. The van der Waals surface area contributed by atoms with Crippen LogP contribution in [0.3, 0.4) is 0 Å². The molecule has 0 saturated carbocycles. The number of rotatable bonds is 2. The van der Waals surface area contributed by atoms with Gasteiger partial charge in [0, 0.05) is 28.9 Å². The monoisotopic (exact) mass is 256 g/mol. The number of carbonyl (C=O) groups is 1. The number of aromatic amines is 1. The lowest BCUT2D eigenvalue weighted by Crippen LogP contribution is -1.96. The molecule has 3 aromatic rings. The number of nitrogens with zero attached hydrogens (tertiary/aromatic N) is 1. The van der Waals surface area contributed by atoms with Gasteiger partial charge in [0.25, 0.3) is 0 Å². The van der Waals surface area contributed by atoms with E-state index in [0.29, 0.717) is 11.2 Å². The van der Waals surface area contributed by atoms with E-state index >= 15 is 0 Å². The molecule has 0 saturated heterocycles. The van der Waals surface area contributed by atoms with Crippen LogP contribution in [-0.2, 0) is 0 Å². The maximum absolute atomic E-state index is 13.1. The van der Waals surface area contributed by atoms with Gasteiger partial charge in [-0.25, -0.2) is 9.18 Å². The molecule has 0 spiro atoms. The van der Waals surface area contributed by atoms with Gasteiger partial charge in [-0.3, -0.25) is 4.98 Å². The molecule has 19 heavy (non-hydrogen) atoms. The SMILES string of the molecule is O=C(O)c1ccc(-c2c[nH]c3cc(F)ccc23)nc1. The highest BCUT2D eigenvalue weighted by atomic mass is 19.1. The summed E-state index contributed by atoms with van der Waals surface area (Å²) in [7, 11) is 0. The number of nitrogens with one attached hydrogen (secondary N) is 1.